The molecule has 2 rings (SSSR count). The summed E-state index contributed by atoms with van der Waals surface area (Å²) in [5, 5.41) is 6.82. The van der Waals surface area contributed by atoms with Crippen LogP contribution in [0, 0.1) is 6.92 Å². The summed E-state index contributed by atoms with van der Waals surface area (Å²) in [6.07, 6.45) is 0.542. The predicted octanol–water partition coefficient (Wildman–Crippen LogP) is 2.21. The van der Waals surface area contributed by atoms with E-state index in [0.717, 1.165) is 5.69 Å². The van der Waals surface area contributed by atoms with E-state index in [1.807, 2.05) is 31.2 Å². The molecule has 0 saturated carbocycles. The number of aromatic nitrogens is 2. The minimum atomic E-state index is -0.561. The van der Waals surface area contributed by atoms with Gasteiger partial charge in [-0.1, -0.05) is 17.7 Å². The lowest BCUT2D eigenvalue weighted by atomic mass is 10.2. The van der Waals surface area contributed by atoms with E-state index in [1.54, 1.807) is 6.92 Å². The van der Waals surface area contributed by atoms with Gasteiger partial charge in [-0.2, -0.15) is 4.98 Å². The van der Waals surface area contributed by atoms with Crippen molar-refractivity contribution in [2.24, 2.45) is 0 Å². The van der Waals surface area contributed by atoms with Crippen LogP contribution in [0.4, 0.5) is 5.69 Å². The molecule has 0 atom stereocenters. The van der Waals surface area contributed by atoms with E-state index in [0.29, 0.717) is 18.9 Å². The van der Waals surface area contributed by atoms with Crippen molar-refractivity contribution in [1.82, 2.24) is 10.1 Å². The van der Waals surface area contributed by atoms with Gasteiger partial charge in [0, 0.05) is 18.7 Å². The minimum Gasteiger partial charge on any atom is -0.460 e. The maximum absolute atomic E-state index is 11.4. The van der Waals surface area contributed by atoms with E-state index in [2.05, 4.69) is 15.5 Å². The van der Waals surface area contributed by atoms with Crippen LogP contribution in [0.2, 0.25) is 0 Å². The molecule has 0 amide bonds. The monoisotopic (exact) mass is 275 g/mol. The number of ether oxygens (including phenoxy) is 1. The molecule has 0 aliphatic heterocycles. The van der Waals surface area contributed by atoms with Crippen molar-refractivity contribution in [2.75, 3.05) is 18.5 Å². The molecule has 1 N–H and O–H groups in total. The van der Waals surface area contributed by atoms with Gasteiger partial charge in [-0.3, -0.25) is 0 Å². The Morgan fingerprint density at radius 1 is 1.35 bits per heavy atom. The second kappa shape index (κ2) is 6.70. The van der Waals surface area contributed by atoms with Crippen molar-refractivity contribution < 1.29 is 14.1 Å². The molecule has 1 aromatic carbocycles. The molecule has 0 aliphatic carbocycles. The third kappa shape index (κ3) is 3.81. The molecule has 0 unspecified atom stereocenters. The number of carbonyl (C=O) groups excluding carboxylic acids is 1. The molecule has 0 bridgehead atoms. The maximum atomic E-state index is 11.4. The van der Waals surface area contributed by atoms with Crippen LogP contribution in [0.5, 0.6) is 0 Å². The summed E-state index contributed by atoms with van der Waals surface area (Å²) in [5.41, 5.74) is 2.24. The van der Waals surface area contributed by atoms with Crippen LogP contribution < -0.4 is 5.32 Å². The number of rotatable bonds is 6. The molecular formula is C14H17N3O3. The molecule has 6 heteroatoms. The molecule has 2 aromatic rings. The van der Waals surface area contributed by atoms with Crippen LogP contribution >= 0.6 is 0 Å². The normalized spacial score (nSPS) is 10.3. The van der Waals surface area contributed by atoms with Gasteiger partial charge < -0.3 is 14.6 Å². The van der Waals surface area contributed by atoms with Crippen molar-refractivity contribution in [3.63, 3.8) is 0 Å². The van der Waals surface area contributed by atoms with Gasteiger partial charge in [-0.25, -0.2) is 4.79 Å². The highest BCUT2D eigenvalue weighted by Gasteiger charge is 2.15. The van der Waals surface area contributed by atoms with Gasteiger partial charge in [0.25, 0.3) is 5.82 Å². The standard InChI is InChI=1S/C14H17N3O3/c1-3-19-14(18)13-16-12(20-17-13)8-9-15-11-6-4-10(2)5-7-11/h4-7,15H,3,8-9H2,1-2H3. The summed E-state index contributed by atoms with van der Waals surface area (Å²) in [6, 6.07) is 8.09. The molecule has 106 valence electrons. The quantitative estimate of drug-likeness (QED) is 0.814. The number of hydrogen-bond donors (Lipinski definition) is 1. The first-order valence-electron chi connectivity index (χ1n) is 6.49. The molecule has 0 saturated heterocycles. The Kier molecular flexibility index (Phi) is 4.70. The van der Waals surface area contributed by atoms with Gasteiger partial charge in [-0.05, 0) is 31.1 Å². The van der Waals surface area contributed by atoms with Gasteiger partial charge in [-0.15, -0.1) is 0 Å². The number of esters is 1. The second-order valence-corrected chi connectivity index (χ2v) is 4.27. The van der Waals surface area contributed by atoms with Crippen molar-refractivity contribution in [2.45, 2.75) is 20.3 Å². The van der Waals surface area contributed by atoms with E-state index in [4.69, 9.17) is 9.26 Å². The van der Waals surface area contributed by atoms with E-state index in [1.165, 1.54) is 5.56 Å². The van der Waals surface area contributed by atoms with E-state index in [9.17, 15) is 4.79 Å². The highest BCUT2D eigenvalue weighted by Crippen LogP contribution is 2.08. The van der Waals surface area contributed by atoms with E-state index < -0.39 is 5.97 Å². The fourth-order valence-electron chi connectivity index (χ4n) is 1.62. The van der Waals surface area contributed by atoms with Gasteiger partial charge in [0.15, 0.2) is 0 Å². The Balaban J connectivity index is 1.82. The van der Waals surface area contributed by atoms with E-state index >= 15 is 0 Å². The molecule has 0 aliphatic rings. The topological polar surface area (TPSA) is 77.2 Å². The minimum absolute atomic E-state index is 0.0304. The van der Waals surface area contributed by atoms with E-state index in [-0.39, 0.29) is 12.4 Å². The number of benzene rings is 1. The lowest BCUT2D eigenvalue weighted by Gasteiger charge is -2.04. The van der Waals surface area contributed by atoms with Crippen LogP contribution in [0.15, 0.2) is 28.8 Å². The van der Waals surface area contributed by atoms with Crippen LogP contribution in [0.3, 0.4) is 0 Å². The van der Waals surface area contributed by atoms with Crippen LogP contribution in [0.25, 0.3) is 0 Å². The van der Waals surface area contributed by atoms with Crippen molar-refractivity contribution >= 4 is 11.7 Å². The van der Waals surface area contributed by atoms with Crippen molar-refractivity contribution in [1.29, 1.82) is 0 Å². The average molecular weight is 275 g/mol. The number of anilines is 1. The third-order valence-corrected chi connectivity index (χ3v) is 2.65. The van der Waals surface area contributed by atoms with Crippen molar-refractivity contribution in [3.05, 3.63) is 41.5 Å². The third-order valence-electron chi connectivity index (χ3n) is 2.65. The first-order chi connectivity index (χ1) is 9.69. The van der Waals surface area contributed by atoms with Gasteiger partial charge in [0.2, 0.25) is 5.89 Å². The summed E-state index contributed by atoms with van der Waals surface area (Å²) < 4.78 is 9.77. The lowest BCUT2D eigenvalue weighted by Crippen LogP contribution is -2.08. The summed E-state index contributed by atoms with van der Waals surface area (Å²) in [5.74, 6) is -0.182. The highest BCUT2D eigenvalue weighted by atomic mass is 16.5. The van der Waals surface area contributed by atoms with Crippen LogP contribution in [-0.2, 0) is 11.2 Å². The fraction of sp³-hybridized carbons (Fsp3) is 0.357. The largest absolute Gasteiger partial charge is 0.460 e. The predicted molar refractivity (Wildman–Crippen MR) is 73.6 cm³/mol. The average Bonchev–Trinajstić information content (AvgIpc) is 2.90. The Morgan fingerprint density at radius 2 is 2.10 bits per heavy atom. The van der Waals surface area contributed by atoms with Gasteiger partial charge in [0.05, 0.1) is 6.61 Å². The first-order valence-corrected chi connectivity index (χ1v) is 6.49. The number of carbonyl (C=O) groups is 1. The Hall–Kier alpha value is -2.37. The smallest absolute Gasteiger partial charge is 0.379 e. The maximum Gasteiger partial charge on any atom is 0.379 e. The molecule has 20 heavy (non-hydrogen) atoms. The molecular weight excluding hydrogens is 258 g/mol. The van der Waals surface area contributed by atoms with Crippen LogP contribution in [0.1, 0.15) is 29.0 Å². The number of hydrogen-bond acceptors (Lipinski definition) is 6. The first kappa shape index (κ1) is 14.0. The zero-order chi connectivity index (χ0) is 14.4. The highest BCUT2D eigenvalue weighted by molar-refractivity contribution is 5.84. The van der Waals surface area contributed by atoms with Crippen molar-refractivity contribution in [3.8, 4) is 0 Å². The zero-order valence-electron chi connectivity index (χ0n) is 11.5. The van der Waals surface area contributed by atoms with Crippen LogP contribution in [-0.4, -0.2) is 29.3 Å². The molecule has 1 aromatic heterocycles. The van der Waals surface area contributed by atoms with Gasteiger partial charge in [0.1, 0.15) is 0 Å². The summed E-state index contributed by atoms with van der Waals surface area (Å²) in [4.78, 5) is 15.3. The summed E-state index contributed by atoms with van der Waals surface area (Å²) in [6.45, 7) is 4.70. The molecule has 0 radical (unpaired) electrons. The molecule has 0 fully saturated rings. The lowest BCUT2D eigenvalue weighted by molar-refractivity contribution is 0.0508. The fourth-order valence-corrected chi connectivity index (χ4v) is 1.62. The Bertz CT molecular complexity index is 563. The number of nitrogens with one attached hydrogen (secondary N) is 1. The van der Waals surface area contributed by atoms with Gasteiger partial charge >= 0.3 is 5.97 Å². The molecule has 0 spiro atoms. The Labute approximate surface area is 117 Å². The summed E-state index contributed by atoms with van der Waals surface area (Å²) in [7, 11) is 0. The zero-order valence-corrected chi connectivity index (χ0v) is 11.5. The molecule has 1 heterocycles. The second-order valence-electron chi connectivity index (χ2n) is 4.27. The Morgan fingerprint density at radius 3 is 2.80 bits per heavy atom. The number of aryl methyl sites for hydroxylation is 1. The number of nitrogens with zero attached hydrogens (tertiary/aromatic N) is 2. The SMILES string of the molecule is CCOC(=O)c1noc(CCNc2ccc(C)cc2)n1. The molecule has 6 nitrogen and oxygen atoms in total. The summed E-state index contributed by atoms with van der Waals surface area (Å²) >= 11 is 0.